The molecule has 0 radical (unpaired) electrons. The molecule has 0 saturated heterocycles. The van der Waals surface area contributed by atoms with E-state index < -0.39 is 10.0 Å². The van der Waals surface area contributed by atoms with E-state index in [0.29, 0.717) is 5.69 Å². The van der Waals surface area contributed by atoms with Gasteiger partial charge in [-0.15, -0.1) is 0 Å². The van der Waals surface area contributed by atoms with Gasteiger partial charge in [0, 0.05) is 6.04 Å². The molecule has 0 saturated carbocycles. The Bertz CT molecular complexity index is 877. The van der Waals surface area contributed by atoms with Crippen molar-refractivity contribution in [2.24, 2.45) is 0 Å². The number of hydrogen-bond acceptors (Lipinski definition) is 3. The van der Waals surface area contributed by atoms with E-state index in [2.05, 4.69) is 5.32 Å². The first kappa shape index (κ1) is 21.0. The van der Waals surface area contributed by atoms with Gasteiger partial charge in [0.25, 0.3) is 10.0 Å². The van der Waals surface area contributed by atoms with Crippen LogP contribution in [-0.2, 0) is 14.8 Å². The van der Waals surface area contributed by atoms with E-state index in [1.165, 1.54) is 4.31 Å². The highest BCUT2D eigenvalue weighted by molar-refractivity contribution is 7.92. The highest BCUT2D eigenvalue weighted by Crippen LogP contribution is 2.24. The van der Waals surface area contributed by atoms with Crippen molar-refractivity contribution in [3.63, 3.8) is 0 Å². The van der Waals surface area contributed by atoms with Crippen molar-refractivity contribution < 1.29 is 13.2 Å². The molecule has 1 amide bonds. The van der Waals surface area contributed by atoms with Crippen molar-refractivity contribution in [2.75, 3.05) is 10.8 Å². The smallest absolute Gasteiger partial charge is 0.264 e. The minimum Gasteiger partial charge on any atom is -0.352 e. The third-order valence-corrected chi connectivity index (χ3v) is 6.10. The second kappa shape index (κ2) is 9.04. The van der Waals surface area contributed by atoms with Gasteiger partial charge in [0.1, 0.15) is 6.54 Å². The van der Waals surface area contributed by atoms with Crippen molar-refractivity contribution in [3.05, 3.63) is 59.7 Å². The lowest BCUT2D eigenvalue weighted by Gasteiger charge is -2.25. The second-order valence-electron chi connectivity index (χ2n) is 6.92. The number of rotatable bonds is 8. The average molecular weight is 389 g/mol. The molecule has 0 bridgehead atoms. The molecule has 0 heterocycles. The van der Waals surface area contributed by atoms with E-state index in [-0.39, 0.29) is 23.4 Å². The molecule has 2 aromatic carbocycles. The Kier molecular flexibility index (Phi) is 7.02. The summed E-state index contributed by atoms with van der Waals surface area (Å²) in [6, 6.07) is 13.8. The van der Waals surface area contributed by atoms with E-state index in [4.69, 9.17) is 0 Å². The number of sulfonamides is 1. The van der Waals surface area contributed by atoms with Gasteiger partial charge in [0.15, 0.2) is 0 Å². The maximum absolute atomic E-state index is 13.2. The van der Waals surface area contributed by atoms with Gasteiger partial charge >= 0.3 is 0 Å². The fourth-order valence-electron chi connectivity index (χ4n) is 2.89. The molecule has 1 N–H and O–H groups in total. The Morgan fingerprint density at radius 3 is 2.33 bits per heavy atom. The molecule has 0 aromatic heterocycles. The normalized spacial score (nSPS) is 12.4. The van der Waals surface area contributed by atoms with Gasteiger partial charge in [0.05, 0.1) is 10.6 Å². The summed E-state index contributed by atoms with van der Waals surface area (Å²) in [6.07, 6.45) is 1.80. The number of carbonyl (C=O) groups excluding carboxylic acids is 1. The molecule has 0 aliphatic carbocycles. The molecule has 0 aliphatic rings. The highest BCUT2D eigenvalue weighted by Gasteiger charge is 2.27. The number of benzene rings is 2. The molecule has 0 spiro atoms. The van der Waals surface area contributed by atoms with Crippen LogP contribution in [0, 0.1) is 13.8 Å². The number of nitrogens with one attached hydrogen (secondary N) is 1. The Hall–Kier alpha value is -2.34. The number of carbonyl (C=O) groups is 1. The lowest BCUT2D eigenvalue weighted by Crippen LogP contribution is -2.43. The van der Waals surface area contributed by atoms with Gasteiger partial charge < -0.3 is 5.32 Å². The summed E-state index contributed by atoms with van der Waals surface area (Å²) in [7, 11) is -3.86. The van der Waals surface area contributed by atoms with Gasteiger partial charge in [-0.2, -0.15) is 0 Å². The first-order chi connectivity index (χ1) is 12.7. The van der Waals surface area contributed by atoms with Crippen molar-refractivity contribution in [2.45, 2.75) is 51.5 Å². The predicted molar refractivity (Wildman–Crippen MR) is 109 cm³/mol. The van der Waals surface area contributed by atoms with Crippen molar-refractivity contribution in [1.82, 2.24) is 5.32 Å². The van der Waals surface area contributed by atoms with Gasteiger partial charge in [-0.3, -0.25) is 9.10 Å². The maximum Gasteiger partial charge on any atom is 0.264 e. The van der Waals surface area contributed by atoms with E-state index in [9.17, 15) is 13.2 Å². The molecule has 2 rings (SSSR count). The van der Waals surface area contributed by atoms with E-state index in [1.807, 2.05) is 33.8 Å². The zero-order valence-corrected chi connectivity index (χ0v) is 17.2. The molecule has 1 atom stereocenters. The largest absolute Gasteiger partial charge is 0.352 e. The van der Waals surface area contributed by atoms with Crippen molar-refractivity contribution in [3.8, 4) is 0 Å². The number of aryl methyl sites for hydroxylation is 2. The molecular weight excluding hydrogens is 360 g/mol. The van der Waals surface area contributed by atoms with Gasteiger partial charge in [0.2, 0.25) is 5.91 Å². The van der Waals surface area contributed by atoms with Gasteiger partial charge in [-0.25, -0.2) is 8.42 Å². The Labute approximate surface area is 162 Å². The zero-order chi connectivity index (χ0) is 20.0. The summed E-state index contributed by atoms with van der Waals surface area (Å²) in [6.45, 7) is 7.50. The molecule has 27 heavy (non-hydrogen) atoms. The quantitative estimate of drug-likeness (QED) is 0.748. The number of anilines is 1. The zero-order valence-electron chi connectivity index (χ0n) is 16.4. The first-order valence-corrected chi connectivity index (χ1v) is 10.6. The summed E-state index contributed by atoms with van der Waals surface area (Å²) in [5.41, 5.74) is 2.38. The number of nitrogens with zero attached hydrogens (tertiary/aromatic N) is 1. The Morgan fingerprint density at radius 1 is 1.07 bits per heavy atom. The maximum atomic E-state index is 13.2. The van der Waals surface area contributed by atoms with Crippen LogP contribution < -0.4 is 9.62 Å². The van der Waals surface area contributed by atoms with Crippen LogP contribution in [0.2, 0.25) is 0 Å². The fraction of sp³-hybridized carbons (Fsp3) is 0.381. The number of amides is 1. The van der Waals surface area contributed by atoms with Crippen LogP contribution in [0.3, 0.4) is 0 Å². The first-order valence-electron chi connectivity index (χ1n) is 9.19. The van der Waals surface area contributed by atoms with Crippen LogP contribution in [0.1, 0.15) is 37.8 Å². The van der Waals surface area contributed by atoms with Crippen LogP contribution in [-0.4, -0.2) is 26.9 Å². The SMILES string of the molecule is CCC[C@H](C)NC(=O)CN(c1cccc(C)c1)S(=O)(=O)c1ccc(C)cc1. The summed E-state index contributed by atoms with van der Waals surface area (Å²) in [5.74, 6) is -0.312. The third kappa shape index (κ3) is 5.57. The minimum absolute atomic E-state index is 0.00365. The average Bonchev–Trinajstić information content (AvgIpc) is 2.60. The summed E-state index contributed by atoms with van der Waals surface area (Å²) < 4.78 is 27.7. The fourth-order valence-corrected chi connectivity index (χ4v) is 4.30. The van der Waals surface area contributed by atoms with E-state index in [0.717, 1.165) is 24.0 Å². The van der Waals surface area contributed by atoms with Gasteiger partial charge in [-0.05, 0) is 57.0 Å². The van der Waals surface area contributed by atoms with Crippen LogP contribution >= 0.6 is 0 Å². The summed E-state index contributed by atoms with van der Waals surface area (Å²) in [4.78, 5) is 12.7. The lowest BCUT2D eigenvalue weighted by atomic mass is 10.2. The Balaban J connectivity index is 2.38. The minimum atomic E-state index is -3.86. The molecule has 146 valence electrons. The molecule has 6 heteroatoms. The molecule has 2 aromatic rings. The lowest BCUT2D eigenvalue weighted by molar-refractivity contribution is -0.120. The topological polar surface area (TPSA) is 66.5 Å². The van der Waals surface area contributed by atoms with Crippen LogP contribution in [0.4, 0.5) is 5.69 Å². The highest BCUT2D eigenvalue weighted by atomic mass is 32.2. The van der Waals surface area contributed by atoms with Crippen molar-refractivity contribution in [1.29, 1.82) is 0 Å². The predicted octanol–water partition coefficient (Wildman–Crippen LogP) is 3.80. The second-order valence-corrected chi connectivity index (χ2v) is 8.78. The van der Waals surface area contributed by atoms with E-state index in [1.54, 1.807) is 42.5 Å². The van der Waals surface area contributed by atoms with Crippen LogP contribution in [0.15, 0.2) is 53.4 Å². The van der Waals surface area contributed by atoms with Crippen molar-refractivity contribution >= 4 is 21.6 Å². The Morgan fingerprint density at radius 2 is 1.74 bits per heavy atom. The molecule has 0 aliphatic heterocycles. The summed E-state index contributed by atoms with van der Waals surface area (Å²) in [5, 5.41) is 2.88. The third-order valence-electron chi connectivity index (χ3n) is 4.31. The molecular formula is C21H28N2O3S. The molecule has 0 fully saturated rings. The van der Waals surface area contributed by atoms with Gasteiger partial charge in [-0.1, -0.05) is 43.2 Å². The number of hydrogen-bond donors (Lipinski definition) is 1. The summed E-state index contributed by atoms with van der Waals surface area (Å²) >= 11 is 0. The molecule has 5 nitrogen and oxygen atoms in total. The standard InChI is InChI=1S/C21H28N2O3S/c1-5-7-18(4)22-21(24)15-23(19-9-6-8-17(3)14-19)27(25,26)20-12-10-16(2)11-13-20/h6,8-14,18H,5,7,15H2,1-4H3,(H,22,24)/t18-/m0/s1. The van der Waals surface area contributed by atoms with E-state index >= 15 is 0 Å². The molecule has 0 unspecified atom stereocenters. The monoisotopic (exact) mass is 388 g/mol. The van der Waals surface area contributed by atoms with Crippen LogP contribution in [0.5, 0.6) is 0 Å². The van der Waals surface area contributed by atoms with Crippen LogP contribution in [0.25, 0.3) is 0 Å².